The second-order valence-corrected chi connectivity index (χ2v) is 12.8. The van der Waals surface area contributed by atoms with E-state index in [4.69, 9.17) is 9.47 Å². The van der Waals surface area contributed by atoms with E-state index in [0.717, 1.165) is 49.2 Å². The molecular formula is C36H62IN3O5. The summed E-state index contributed by atoms with van der Waals surface area (Å²) in [5, 5.41) is 2.87. The molecule has 1 N–H and O–H groups in total. The largest absolute Gasteiger partial charge is 1.00 e. The molecule has 45 heavy (non-hydrogen) atoms. The van der Waals surface area contributed by atoms with Crippen molar-refractivity contribution in [3.63, 3.8) is 0 Å². The minimum absolute atomic E-state index is 0. The summed E-state index contributed by atoms with van der Waals surface area (Å²) in [5.74, 6) is -0.367. The number of hydrogen-bond donors (Lipinski definition) is 1. The van der Waals surface area contributed by atoms with Crippen molar-refractivity contribution in [2.24, 2.45) is 5.41 Å². The fraction of sp³-hybridized carbons (Fsp3) is 0.778. The molecule has 1 aromatic heterocycles. The van der Waals surface area contributed by atoms with Crippen molar-refractivity contribution in [3.8, 4) is 0 Å². The Morgan fingerprint density at radius 3 is 1.82 bits per heavy atom. The Kier molecular flexibility index (Phi) is 23.0. The molecule has 1 aliphatic carbocycles. The van der Waals surface area contributed by atoms with Crippen LogP contribution in [0, 0.1) is 5.41 Å². The number of ether oxygens (including phenoxy) is 2. The van der Waals surface area contributed by atoms with Crippen molar-refractivity contribution in [2.45, 2.75) is 156 Å². The topological polar surface area (TPSA) is 88.8 Å². The van der Waals surface area contributed by atoms with Gasteiger partial charge in [0.05, 0.1) is 0 Å². The molecule has 1 aromatic rings. The molecule has 0 radical (unpaired) electrons. The predicted molar refractivity (Wildman–Crippen MR) is 175 cm³/mol. The first kappa shape index (κ1) is 41.1. The average Bonchev–Trinajstić information content (AvgIpc) is 3.00. The number of nitrogens with zero attached hydrogens (tertiary/aromatic N) is 2. The molecule has 258 valence electrons. The molecule has 3 amide bonds. The van der Waals surface area contributed by atoms with Gasteiger partial charge in [0.15, 0.2) is 6.20 Å². The lowest BCUT2D eigenvalue weighted by molar-refractivity contribution is -0.701. The quantitative estimate of drug-likeness (QED) is 0.0842. The number of hydrogen-bond acceptors (Lipinski definition) is 5. The van der Waals surface area contributed by atoms with Crippen molar-refractivity contribution < 1.29 is 52.4 Å². The highest BCUT2D eigenvalue weighted by Crippen LogP contribution is 2.41. The van der Waals surface area contributed by atoms with E-state index >= 15 is 0 Å². The Balaban J connectivity index is 0.0000101. The van der Waals surface area contributed by atoms with Crippen LogP contribution in [0.4, 0.5) is 9.59 Å². The number of carbonyl (C=O) groups is 3. The summed E-state index contributed by atoms with van der Waals surface area (Å²) >= 11 is 0. The summed E-state index contributed by atoms with van der Waals surface area (Å²) < 4.78 is 13.1. The van der Waals surface area contributed by atoms with Crippen molar-refractivity contribution in [2.75, 3.05) is 19.8 Å². The number of carbonyl (C=O) groups excluding carboxylic acids is 3. The van der Waals surface area contributed by atoms with E-state index in [9.17, 15) is 14.4 Å². The second-order valence-electron chi connectivity index (χ2n) is 12.8. The Morgan fingerprint density at radius 1 is 0.800 bits per heavy atom. The zero-order chi connectivity index (χ0) is 31.9. The zero-order valence-electron chi connectivity index (χ0n) is 28.6. The molecule has 2 rings (SSSR count). The molecule has 0 atom stereocenters. The van der Waals surface area contributed by atoms with Crippen molar-refractivity contribution in [1.29, 1.82) is 0 Å². The van der Waals surface area contributed by atoms with Gasteiger partial charge in [-0.2, -0.15) is 0 Å². The summed E-state index contributed by atoms with van der Waals surface area (Å²) in [5.41, 5.74) is 0.477. The number of aryl methyl sites for hydroxylation is 1. The second kappa shape index (κ2) is 25.2. The van der Waals surface area contributed by atoms with Gasteiger partial charge in [0, 0.05) is 31.0 Å². The first-order valence-corrected chi connectivity index (χ1v) is 17.7. The minimum Gasteiger partial charge on any atom is -1.00 e. The molecule has 0 aliphatic heterocycles. The normalized spacial score (nSPS) is 13.3. The van der Waals surface area contributed by atoms with E-state index in [1.165, 1.54) is 96.8 Å². The van der Waals surface area contributed by atoms with Crippen LogP contribution in [0.3, 0.4) is 0 Å². The fourth-order valence-corrected chi connectivity index (χ4v) is 5.86. The third-order valence-electron chi connectivity index (χ3n) is 9.02. The average molecular weight is 744 g/mol. The molecule has 0 saturated heterocycles. The third kappa shape index (κ3) is 17.5. The van der Waals surface area contributed by atoms with Crippen LogP contribution in [-0.2, 0) is 27.4 Å². The molecule has 1 aliphatic rings. The Hall–Kier alpha value is -1.91. The molecule has 0 bridgehead atoms. The first-order valence-electron chi connectivity index (χ1n) is 17.7. The van der Waals surface area contributed by atoms with E-state index in [0.29, 0.717) is 6.54 Å². The lowest BCUT2D eigenvalue weighted by Crippen LogP contribution is -3.00. The zero-order valence-corrected chi connectivity index (χ0v) is 30.8. The number of unbranched alkanes of at least 4 members (excludes halogenated alkanes) is 15. The van der Waals surface area contributed by atoms with Gasteiger partial charge in [-0.3, -0.25) is 4.79 Å². The maximum Gasteiger partial charge on any atom is 0.417 e. The number of aromatic nitrogens is 1. The van der Waals surface area contributed by atoms with Gasteiger partial charge in [0.2, 0.25) is 11.6 Å². The van der Waals surface area contributed by atoms with E-state index in [-0.39, 0.29) is 55.1 Å². The van der Waals surface area contributed by atoms with Crippen molar-refractivity contribution in [1.82, 2.24) is 10.2 Å². The van der Waals surface area contributed by atoms with Crippen LogP contribution in [0.2, 0.25) is 0 Å². The van der Waals surface area contributed by atoms with Gasteiger partial charge in [-0.15, -0.1) is 0 Å². The molecule has 9 heteroatoms. The maximum atomic E-state index is 12.9. The highest BCUT2D eigenvalue weighted by Gasteiger charge is 2.40. The summed E-state index contributed by atoms with van der Waals surface area (Å²) in [6.45, 7) is 7.49. The van der Waals surface area contributed by atoms with E-state index < -0.39 is 12.2 Å². The van der Waals surface area contributed by atoms with Gasteiger partial charge in [-0.05, 0) is 26.2 Å². The summed E-state index contributed by atoms with van der Waals surface area (Å²) in [7, 11) is 0. The lowest BCUT2D eigenvalue weighted by Gasteiger charge is -2.40. The maximum absolute atomic E-state index is 12.9. The first-order chi connectivity index (χ1) is 21.4. The van der Waals surface area contributed by atoms with Gasteiger partial charge >= 0.3 is 12.2 Å². The third-order valence-corrected chi connectivity index (χ3v) is 9.02. The predicted octanol–water partition coefficient (Wildman–Crippen LogP) is 5.64. The Morgan fingerprint density at radius 2 is 1.33 bits per heavy atom. The van der Waals surface area contributed by atoms with Crippen LogP contribution in [-0.4, -0.2) is 42.8 Å². The van der Waals surface area contributed by atoms with Gasteiger partial charge in [-0.25, -0.2) is 19.1 Å². The van der Waals surface area contributed by atoms with E-state index in [1.54, 1.807) is 0 Å². The molecular weight excluding hydrogens is 681 g/mol. The minimum atomic E-state index is -0.664. The van der Waals surface area contributed by atoms with Crippen LogP contribution in [0.5, 0.6) is 0 Å². The smallest absolute Gasteiger partial charge is 0.417 e. The summed E-state index contributed by atoms with van der Waals surface area (Å²) in [6, 6.07) is 5.70. The van der Waals surface area contributed by atoms with Gasteiger partial charge in [0.1, 0.15) is 26.3 Å². The molecule has 1 fully saturated rings. The number of nitrogens with one attached hydrogen (secondary N) is 1. The van der Waals surface area contributed by atoms with Gasteiger partial charge in [-0.1, -0.05) is 116 Å². The molecule has 0 aromatic carbocycles. The van der Waals surface area contributed by atoms with Crippen molar-refractivity contribution >= 4 is 18.1 Å². The number of alkyl carbamates (subject to hydrolysis) is 1. The van der Waals surface area contributed by atoms with Crippen LogP contribution < -0.4 is 33.9 Å². The van der Waals surface area contributed by atoms with E-state index in [1.807, 2.05) is 35.9 Å². The summed E-state index contributed by atoms with van der Waals surface area (Å²) in [4.78, 5) is 38.5. The molecule has 1 heterocycles. The monoisotopic (exact) mass is 743 g/mol. The van der Waals surface area contributed by atoms with E-state index in [2.05, 4.69) is 12.2 Å². The van der Waals surface area contributed by atoms with Crippen LogP contribution in [0.15, 0.2) is 24.4 Å². The number of pyridine rings is 1. The molecule has 0 spiro atoms. The number of imide groups is 1. The Bertz CT molecular complexity index is 956. The van der Waals surface area contributed by atoms with Gasteiger partial charge in [0.25, 0.3) is 0 Å². The number of rotatable bonds is 24. The molecule has 1 saturated carbocycles. The number of halogens is 1. The van der Waals surface area contributed by atoms with Crippen LogP contribution in [0.1, 0.15) is 148 Å². The fourth-order valence-electron chi connectivity index (χ4n) is 5.86. The van der Waals surface area contributed by atoms with Crippen LogP contribution in [0.25, 0.3) is 0 Å². The summed E-state index contributed by atoms with van der Waals surface area (Å²) in [6.07, 6.45) is 24.6. The standard InChI is InChI=1S/C36H61N3O5.HI/c1-4-6-7-8-9-10-11-12-13-14-15-16-17-18-19-21-27-37-34(41)43-30-36(25-23-26-36)31-44-35(42)39(32(3)40)29-33-24-20-22-28-38(33)5-2;/h20,22,24,28H,4-19,21,23,25-27,29-31H2,1-3H3;1H. The molecule has 8 nitrogen and oxygen atoms in total. The van der Waals surface area contributed by atoms with Crippen molar-refractivity contribution in [3.05, 3.63) is 30.1 Å². The molecule has 0 unspecified atom stereocenters. The number of amides is 3. The van der Waals surface area contributed by atoms with Crippen LogP contribution >= 0.6 is 0 Å². The highest BCUT2D eigenvalue weighted by molar-refractivity contribution is 5.90. The lowest BCUT2D eigenvalue weighted by atomic mass is 9.70. The van der Waals surface area contributed by atoms with Gasteiger partial charge < -0.3 is 38.8 Å². The Labute approximate surface area is 290 Å². The highest BCUT2D eigenvalue weighted by atomic mass is 127. The SMILES string of the molecule is CCCCCCCCCCCCCCCCCCNC(=O)OCC1(COC(=O)N(Cc2cccc[n+]2CC)C(C)=O)CCC1.[I-].